The first-order valence-corrected chi connectivity index (χ1v) is 7.32. The highest BCUT2D eigenvalue weighted by Gasteiger charge is 2.29. The first kappa shape index (κ1) is 13.3. The number of piperidine rings is 1. The molecule has 0 radical (unpaired) electrons. The Labute approximate surface area is 107 Å². The van der Waals surface area contributed by atoms with Crippen molar-refractivity contribution in [2.75, 3.05) is 39.8 Å². The van der Waals surface area contributed by atoms with Gasteiger partial charge in [0.2, 0.25) is 0 Å². The normalized spacial score (nSPS) is 30.0. The topological polar surface area (TPSA) is 18.5 Å². The van der Waals surface area contributed by atoms with E-state index in [4.69, 9.17) is 0 Å². The molecular weight excluding hydrogens is 210 g/mol. The third kappa shape index (κ3) is 3.67. The van der Waals surface area contributed by atoms with E-state index in [2.05, 4.69) is 36.0 Å². The number of hydrogen-bond donors (Lipinski definition) is 1. The maximum absolute atomic E-state index is 3.47. The van der Waals surface area contributed by atoms with E-state index in [1.165, 1.54) is 52.0 Å². The quantitative estimate of drug-likeness (QED) is 0.803. The average Bonchev–Trinajstić information content (AvgIpc) is 2.32. The average molecular weight is 239 g/mol. The van der Waals surface area contributed by atoms with Crippen molar-refractivity contribution < 1.29 is 0 Å². The summed E-state index contributed by atoms with van der Waals surface area (Å²) in [6.07, 6.45) is 4.04. The lowest BCUT2D eigenvalue weighted by molar-refractivity contribution is 0.0450. The van der Waals surface area contributed by atoms with E-state index in [1.54, 1.807) is 0 Å². The molecule has 0 aromatic heterocycles. The molecule has 17 heavy (non-hydrogen) atoms. The summed E-state index contributed by atoms with van der Waals surface area (Å²) in [5.74, 6) is 0.815. The Morgan fingerprint density at radius 2 is 1.88 bits per heavy atom. The Bertz CT molecular complexity index is 224. The van der Waals surface area contributed by atoms with E-state index < -0.39 is 0 Å². The van der Waals surface area contributed by atoms with Crippen LogP contribution in [0.25, 0.3) is 0 Å². The second-order valence-electron chi connectivity index (χ2n) is 6.24. The SMILES string of the molecule is CC(C)CC1CN(C2CCNCC2)CCN1C. The highest BCUT2D eigenvalue weighted by molar-refractivity contribution is 4.86. The summed E-state index contributed by atoms with van der Waals surface area (Å²) in [4.78, 5) is 5.32. The summed E-state index contributed by atoms with van der Waals surface area (Å²) in [5.41, 5.74) is 0. The van der Waals surface area contributed by atoms with Crippen LogP contribution in [0.5, 0.6) is 0 Å². The number of likely N-dealkylation sites (N-methyl/N-ethyl adjacent to an activating group) is 1. The minimum atomic E-state index is 0.777. The number of nitrogens with one attached hydrogen (secondary N) is 1. The van der Waals surface area contributed by atoms with Crippen LogP contribution >= 0.6 is 0 Å². The molecule has 2 heterocycles. The third-order valence-electron chi connectivity index (χ3n) is 4.38. The van der Waals surface area contributed by atoms with Crippen LogP contribution in [0.2, 0.25) is 0 Å². The lowest BCUT2D eigenvalue weighted by Gasteiger charge is -2.44. The van der Waals surface area contributed by atoms with Crippen molar-refractivity contribution >= 4 is 0 Å². The van der Waals surface area contributed by atoms with Gasteiger partial charge in [-0.05, 0) is 45.3 Å². The van der Waals surface area contributed by atoms with E-state index in [0.29, 0.717) is 0 Å². The zero-order valence-corrected chi connectivity index (χ0v) is 11.8. The van der Waals surface area contributed by atoms with Crippen molar-refractivity contribution in [3.63, 3.8) is 0 Å². The van der Waals surface area contributed by atoms with Gasteiger partial charge in [-0.25, -0.2) is 0 Å². The van der Waals surface area contributed by atoms with Crippen LogP contribution < -0.4 is 5.32 Å². The number of nitrogens with zero attached hydrogens (tertiary/aromatic N) is 2. The maximum atomic E-state index is 3.47. The first-order chi connectivity index (χ1) is 8.16. The molecule has 2 rings (SSSR count). The van der Waals surface area contributed by atoms with Gasteiger partial charge in [0.25, 0.3) is 0 Å². The Morgan fingerprint density at radius 1 is 1.18 bits per heavy atom. The maximum Gasteiger partial charge on any atom is 0.0223 e. The summed E-state index contributed by atoms with van der Waals surface area (Å²) in [6, 6.07) is 1.62. The molecule has 0 amide bonds. The number of hydrogen-bond acceptors (Lipinski definition) is 3. The molecule has 0 spiro atoms. The molecule has 2 aliphatic rings. The summed E-state index contributed by atoms with van der Waals surface area (Å²) >= 11 is 0. The number of piperazine rings is 1. The predicted molar refractivity (Wildman–Crippen MR) is 73.3 cm³/mol. The standard InChI is InChI=1S/C14H29N3/c1-12(2)10-14-11-17(9-8-16(14)3)13-4-6-15-7-5-13/h12-15H,4-11H2,1-3H3. The summed E-state index contributed by atoms with van der Waals surface area (Å²) < 4.78 is 0. The van der Waals surface area contributed by atoms with Crippen molar-refractivity contribution in [1.82, 2.24) is 15.1 Å². The molecular formula is C14H29N3. The smallest absolute Gasteiger partial charge is 0.0223 e. The van der Waals surface area contributed by atoms with Gasteiger partial charge in [-0.1, -0.05) is 13.8 Å². The Morgan fingerprint density at radius 3 is 2.53 bits per heavy atom. The Balaban J connectivity index is 1.87. The third-order valence-corrected chi connectivity index (χ3v) is 4.38. The molecule has 1 unspecified atom stereocenters. The van der Waals surface area contributed by atoms with E-state index in [-0.39, 0.29) is 0 Å². The molecule has 100 valence electrons. The highest BCUT2D eigenvalue weighted by Crippen LogP contribution is 2.20. The van der Waals surface area contributed by atoms with Gasteiger partial charge < -0.3 is 10.2 Å². The fourth-order valence-electron chi connectivity index (χ4n) is 3.27. The summed E-state index contributed by atoms with van der Waals surface area (Å²) in [7, 11) is 2.30. The number of rotatable bonds is 3. The van der Waals surface area contributed by atoms with Gasteiger partial charge in [0.05, 0.1) is 0 Å². The minimum absolute atomic E-state index is 0.777. The van der Waals surface area contributed by atoms with E-state index >= 15 is 0 Å². The highest BCUT2D eigenvalue weighted by atomic mass is 15.3. The van der Waals surface area contributed by atoms with Crippen LogP contribution in [0, 0.1) is 5.92 Å². The Kier molecular flexibility index (Phi) is 4.83. The van der Waals surface area contributed by atoms with Crippen LogP contribution in [-0.4, -0.2) is 61.7 Å². The van der Waals surface area contributed by atoms with E-state index in [9.17, 15) is 0 Å². The van der Waals surface area contributed by atoms with Gasteiger partial charge in [0.1, 0.15) is 0 Å². The predicted octanol–water partition coefficient (Wildman–Crippen LogP) is 1.40. The van der Waals surface area contributed by atoms with Crippen molar-refractivity contribution in [2.45, 2.75) is 45.2 Å². The van der Waals surface area contributed by atoms with Crippen LogP contribution in [0.1, 0.15) is 33.1 Å². The van der Waals surface area contributed by atoms with Crippen LogP contribution in [0.3, 0.4) is 0 Å². The monoisotopic (exact) mass is 239 g/mol. The fraction of sp³-hybridized carbons (Fsp3) is 1.00. The summed E-state index contributed by atoms with van der Waals surface area (Å²) in [5, 5.41) is 3.47. The molecule has 1 N–H and O–H groups in total. The lowest BCUT2D eigenvalue weighted by Crippen LogP contribution is -2.56. The van der Waals surface area contributed by atoms with Crippen molar-refractivity contribution in [3.8, 4) is 0 Å². The molecule has 2 aliphatic heterocycles. The second-order valence-corrected chi connectivity index (χ2v) is 6.24. The van der Waals surface area contributed by atoms with Gasteiger partial charge in [0, 0.05) is 31.7 Å². The van der Waals surface area contributed by atoms with Crippen LogP contribution in [0.4, 0.5) is 0 Å². The van der Waals surface area contributed by atoms with Gasteiger partial charge in [-0.15, -0.1) is 0 Å². The van der Waals surface area contributed by atoms with Gasteiger partial charge in [0.15, 0.2) is 0 Å². The Hall–Kier alpha value is -0.120. The van der Waals surface area contributed by atoms with Crippen LogP contribution in [-0.2, 0) is 0 Å². The molecule has 0 saturated carbocycles. The molecule has 0 aromatic carbocycles. The lowest BCUT2D eigenvalue weighted by atomic mass is 9.97. The van der Waals surface area contributed by atoms with E-state index in [1.807, 2.05) is 0 Å². The van der Waals surface area contributed by atoms with Gasteiger partial charge in [-0.3, -0.25) is 4.90 Å². The molecule has 2 fully saturated rings. The molecule has 3 nitrogen and oxygen atoms in total. The minimum Gasteiger partial charge on any atom is -0.317 e. The molecule has 0 aromatic rings. The largest absolute Gasteiger partial charge is 0.317 e. The van der Waals surface area contributed by atoms with Gasteiger partial charge >= 0.3 is 0 Å². The molecule has 3 heteroatoms. The second kappa shape index (κ2) is 6.17. The van der Waals surface area contributed by atoms with Crippen molar-refractivity contribution in [1.29, 1.82) is 0 Å². The molecule has 1 atom stereocenters. The first-order valence-electron chi connectivity index (χ1n) is 7.32. The molecule has 2 saturated heterocycles. The van der Waals surface area contributed by atoms with Gasteiger partial charge in [-0.2, -0.15) is 0 Å². The van der Waals surface area contributed by atoms with Crippen molar-refractivity contribution in [2.24, 2.45) is 5.92 Å². The molecule has 0 aliphatic carbocycles. The fourth-order valence-corrected chi connectivity index (χ4v) is 3.27. The zero-order chi connectivity index (χ0) is 12.3. The summed E-state index contributed by atoms with van der Waals surface area (Å²) in [6.45, 7) is 10.9. The van der Waals surface area contributed by atoms with Crippen molar-refractivity contribution in [3.05, 3.63) is 0 Å². The molecule has 0 bridgehead atoms. The zero-order valence-electron chi connectivity index (χ0n) is 11.8. The van der Waals surface area contributed by atoms with Crippen LogP contribution in [0.15, 0.2) is 0 Å². The van der Waals surface area contributed by atoms with E-state index in [0.717, 1.165) is 18.0 Å².